The molecule has 0 saturated carbocycles. The van der Waals surface area contributed by atoms with Crippen LogP contribution in [0.4, 0.5) is 0 Å². The molecule has 1 amide bonds. The SMILES string of the molecule is COc1ccc(C=NN=C2NC(=O)C(CC(=O)O)S2)cc1COc1cc(C)ccc1C. The first-order chi connectivity index (χ1) is 14.9. The Kier molecular flexibility index (Phi) is 7.30. The number of carboxylic acids is 1. The molecule has 1 saturated heterocycles. The van der Waals surface area contributed by atoms with Crippen LogP contribution >= 0.6 is 11.8 Å². The number of amides is 1. The highest BCUT2D eigenvalue weighted by Gasteiger charge is 2.32. The minimum Gasteiger partial charge on any atom is -0.496 e. The first kappa shape index (κ1) is 22.4. The Morgan fingerprint density at radius 1 is 1.23 bits per heavy atom. The number of amidine groups is 1. The van der Waals surface area contributed by atoms with Gasteiger partial charge in [-0.25, -0.2) is 0 Å². The molecule has 1 heterocycles. The van der Waals surface area contributed by atoms with Crippen molar-refractivity contribution in [1.29, 1.82) is 0 Å². The molecule has 0 aromatic heterocycles. The Morgan fingerprint density at radius 2 is 2.03 bits per heavy atom. The molecule has 0 bridgehead atoms. The average Bonchev–Trinajstić information content (AvgIpc) is 3.07. The zero-order valence-electron chi connectivity index (χ0n) is 17.4. The van der Waals surface area contributed by atoms with Crippen LogP contribution in [0.3, 0.4) is 0 Å². The predicted molar refractivity (Wildman–Crippen MR) is 120 cm³/mol. The number of benzene rings is 2. The van der Waals surface area contributed by atoms with Crippen LogP contribution in [0.1, 0.15) is 28.7 Å². The smallest absolute Gasteiger partial charge is 0.305 e. The van der Waals surface area contributed by atoms with E-state index >= 15 is 0 Å². The molecule has 1 atom stereocenters. The van der Waals surface area contributed by atoms with E-state index in [9.17, 15) is 9.59 Å². The predicted octanol–water partition coefficient (Wildman–Crippen LogP) is 3.29. The van der Waals surface area contributed by atoms with Gasteiger partial charge in [0.05, 0.1) is 19.7 Å². The van der Waals surface area contributed by atoms with Crippen LogP contribution in [-0.2, 0) is 16.2 Å². The van der Waals surface area contributed by atoms with Crippen molar-refractivity contribution >= 4 is 35.0 Å². The number of thioether (sulfide) groups is 1. The van der Waals surface area contributed by atoms with Crippen molar-refractivity contribution in [2.75, 3.05) is 7.11 Å². The molecule has 9 heteroatoms. The molecular formula is C22H23N3O5S. The third-order valence-electron chi connectivity index (χ3n) is 4.52. The van der Waals surface area contributed by atoms with Gasteiger partial charge in [-0.1, -0.05) is 23.9 Å². The van der Waals surface area contributed by atoms with Crippen LogP contribution in [0.15, 0.2) is 46.6 Å². The fourth-order valence-corrected chi connectivity index (χ4v) is 3.82. The number of hydrogen-bond acceptors (Lipinski definition) is 7. The van der Waals surface area contributed by atoms with Crippen LogP contribution < -0.4 is 14.8 Å². The summed E-state index contributed by atoms with van der Waals surface area (Å²) >= 11 is 1.05. The molecule has 2 N–H and O–H groups in total. The summed E-state index contributed by atoms with van der Waals surface area (Å²) in [7, 11) is 1.60. The number of nitrogens with one attached hydrogen (secondary N) is 1. The molecule has 1 aliphatic heterocycles. The maximum absolute atomic E-state index is 11.7. The molecule has 162 valence electrons. The second-order valence-corrected chi connectivity index (χ2v) is 8.16. The van der Waals surface area contributed by atoms with Crippen LogP contribution in [0.2, 0.25) is 0 Å². The third kappa shape index (κ3) is 6.08. The van der Waals surface area contributed by atoms with Crippen molar-refractivity contribution in [2.45, 2.75) is 32.1 Å². The molecule has 2 aromatic carbocycles. The van der Waals surface area contributed by atoms with Crippen molar-refractivity contribution in [3.8, 4) is 11.5 Å². The highest BCUT2D eigenvalue weighted by atomic mass is 32.2. The van der Waals surface area contributed by atoms with Gasteiger partial charge in [-0.2, -0.15) is 5.10 Å². The molecule has 1 fully saturated rings. The lowest BCUT2D eigenvalue weighted by molar-refractivity contribution is -0.138. The number of carboxylic acid groups (broad SMARTS) is 1. The second kappa shape index (κ2) is 10.1. The number of ether oxygens (including phenoxy) is 2. The summed E-state index contributed by atoms with van der Waals surface area (Å²) in [5.41, 5.74) is 3.80. The van der Waals surface area contributed by atoms with Gasteiger partial charge in [0.25, 0.3) is 0 Å². The van der Waals surface area contributed by atoms with Gasteiger partial charge in [-0.15, -0.1) is 5.10 Å². The largest absolute Gasteiger partial charge is 0.496 e. The zero-order chi connectivity index (χ0) is 22.4. The lowest BCUT2D eigenvalue weighted by Gasteiger charge is -2.13. The van der Waals surface area contributed by atoms with Gasteiger partial charge in [-0.3, -0.25) is 9.59 Å². The Hall–Kier alpha value is -3.33. The highest BCUT2D eigenvalue weighted by Crippen LogP contribution is 2.25. The van der Waals surface area contributed by atoms with Gasteiger partial charge in [-0.05, 0) is 54.8 Å². The molecule has 0 aliphatic carbocycles. The fraction of sp³-hybridized carbons (Fsp3) is 0.273. The Labute approximate surface area is 184 Å². The molecule has 2 aromatic rings. The molecule has 31 heavy (non-hydrogen) atoms. The maximum atomic E-state index is 11.7. The molecule has 1 unspecified atom stereocenters. The van der Waals surface area contributed by atoms with Gasteiger partial charge in [0.1, 0.15) is 23.4 Å². The number of nitrogens with zero attached hydrogens (tertiary/aromatic N) is 2. The summed E-state index contributed by atoms with van der Waals surface area (Å²) < 4.78 is 11.4. The fourth-order valence-electron chi connectivity index (χ4n) is 2.90. The zero-order valence-corrected chi connectivity index (χ0v) is 18.2. The van der Waals surface area contributed by atoms with Crippen LogP contribution in [0.5, 0.6) is 11.5 Å². The summed E-state index contributed by atoms with van der Waals surface area (Å²) in [5.74, 6) is 0.101. The lowest BCUT2D eigenvalue weighted by atomic mass is 10.1. The van der Waals surface area contributed by atoms with Gasteiger partial charge < -0.3 is 19.9 Å². The van der Waals surface area contributed by atoms with E-state index in [0.29, 0.717) is 12.4 Å². The molecule has 1 aliphatic rings. The first-order valence-electron chi connectivity index (χ1n) is 9.53. The minimum absolute atomic E-state index is 0.262. The van der Waals surface area contributed by atoms with Crippen molar-refractivity contribution in [3.05, 3.63) is 58.7 Å². The molecule has 3 rings (SSSR count). The lowest BCUT2D eigenvalue weighted by Crippen LogP contribution is -2.26. The molecule has 0 spiro atoms. The van der Waals surface area contributed by atoms with Crippen molar-refractivity contribution < 1.29 is 24.2 Å². The minimum atomic E-state index is -1.04. The van der Waals surface area contributed by atoms with Gasteiger partial charge in [0.2, 0.25) is 5.91 Å². The number of carbonyl (C=O) groups excluding carboxylic acids is 1. The van der Waals surface area contributed by atoms with Gasteiger partial charge in [0, 0.05) is 5.56 Å². The summed E-state index contributed by atoms with van der Waals surface area (Å²) in [6.07, 6.45) is 1.28. The number of carbonyl (C=O) groups is 2. The second-order valence-electron chi connectivity index (χ2n) is 6.97. The Morgan fingerprint density at radius 3 is 2.77 bits per heavy atom. The van der Waals surface area contributed by atoms with Crippen molar-refractivity contribution in [3.63, 3.8) is 0 Å². The maximum Gasteiger partial charge on any atom is 0.305 e. The topological polar surface area (TPSA) is 110 Å². The van der Waals surface area contributed by atoms with Gasteiger partial charge >= 0.3 is 5.97 Å². The monoisotopic (exact) mass is 441 g/mol. The van der Waals surface area contributed by atoms with Gasteiger partial charge in [0.15, 0.2) is 5.17 Å². The van der Waals surface area contributed by atoms with Crippen molar-refractivity contribution in [2.24, 2.45) is 10.2 Å². The van der Waals surface area contributed by atoms with E-state index in [2.05, 4.69) is 15.5 Å². The normalized spacial score (nSPS) is 17.2. The Bertz CT molecular complexity index is 1050. The van der Waals surface area contributed by atoms with Crippen molar-refractivity contribution in [1.82, 2.24) is 5.32 Å². The quantitative estimate of drug-likeness (QED) is 0.481. The molecular weight excluding hydrogens is 418 g/mol. The Balaban J connectivity index is 1.69. The summed E-state index contributed by atoms with van der Waals surface area (Å²) in [4.78, 5) is 22.5. The average molecular weight is 442 g/mol. The number of aryl methyl sites for hydroxylation is 2. The van der Waals surface area contributed by atoms with Crippen LogP contribution in [0, 0.1) is 13.8 Å². The summed E-state index contributed by atoms with van der Waals surface area (Å²) in [6.45, 7) is 4.34. The van der Waals surface area contributed by atoms with E-state index in [0.717, 1.165) is 39.8 Å². The summed E-state index contributed by atoms with van der Waals surface area (Å²) in [6, 6.07) is 11.6. The number of rotatable bonds is 8. The standard InChI is InChI=1S/C22H23N3O5S/c1-13-4-5-14(2)18(8-13)30-12-16-9-15(6-7-17(16)29-3)11-23-25-22-24-21(28)19(31-22)10-20(26)27/h4-9,11,19H,10,12H2,1-3H3,(H,26,27)(H,24,25,28). The van der Waals surface area contributed by atoms with E-state index in [4.69, 9.17) is 14.6 Å². The van der Waals surface area contributed by atoms with Crippen LogP contribution in [-0.4, -0.2) is 40.7 Å². The molecule has 0 radical (unpaired) electrons. The van der Waals surface area contributed by atoms with E-state index in [1.54, 1.807) is 13.3 Å². The van der Waals surface area contributed by atoms with Crippen LogP contribution in [0.25, 0.3) is 0 Å². The molecule has 8 nitrogen and oxygen atoms in total. The summed E-state index contributed by atoms with van der Waals surface area (Å²) in [5, 5.41) is 18.9. The highest BCUT2D eigenvalue weighted by molar-refractivity contribution is 8.15. The van der Waals surface area contributed by atoms with E-state index in [1.807, 2.05) is 50.2 Å². The first-order valence-corrected chi connectivity index (χ1v) is 10.4. The number of methoxy groups -OCH3 is 1. The van der Waals surface area contributed by atoms with E-state index in [-0.39, 0.29) is 17.5 Å². The number of aliphatic carboxylic acids is 1. The number of hydrogen-bond donors (Lipinski definition) is 2. The van der Waals surface area contributed by atoms with E-state index < -0.39 is 11.2 Å². The third-order valence-corrected chi connectivity index (χ3v) is 5.60. The van der Waals surface area contributed by atoms with E-state index in [1.165, 1.54) is 0 Å².